The van der Waals surface area contributed by atoms with Gasteiger partial charge in [-0.2, -0.15) is 0 Å². The Hall–Kier alpha value is -1.97. The first kappa shape index (κ1) is 11.1. The molecule has 0 bridgehead atoms. The van der Waals surface area contributed by atoms with Gasteiger partial charge in [-0.25, -0.2) is 9.97 Å². The zero-order valence-corrected chi connectivity index (χ0v) is 10.6. The number of anilines is 1. The van der Waals surface area contributed by atoms with E-state index >= 15 is 0 Å². The largest absolute Gasteiger partial charge is 0.383 e. The molecule has 0 aliphatic heterocycles. The van der Waals surface area contributed by atoms with Crippen LogP contribution in [0.25, 0.3) is 11.3 Å². The summed E-state index contributed by atoms with van der Waals surface area (Å²) in [6, 6.07) is 1.99. The fraction of sp³-hybridized carbons (Fsp3) is 0.357. The number of rotatable bonds is 2. The fourth-order valence-corrected chi connectivity index (χ4v) is 2.08. The van der Waals surface area contributed by atoms with Crippen LogP contribution in [-0.4, -0.2) is 15.0 Å². The first-order valence-electron chi connectivity index (χ1n) is 6.22. The predicted octanol–water partition coefficient (Wildman–Crippen LogP) is 2.62. The molecule has 1 saturated carbocycles. The van der Waals surface area contributed by atoms with Crippen LogP contribution in [0, 0.1) is 13.8 Å². The van der Waals surface area contributed by atoms with Gasteiger partial charge >= 0.3 is 0 Å². The smallest absolute Gasteiger partial charge is 0.134 e. The molecule has 0 atom stereocenters. The molecule has 2 aromatic rings. The SMILES string of the molecule is Cc1cnccc1-c1nc(C2CC2)nc(N)c1C. The molecule has 4 nitrogen and oxygen atoms in total. The lowest BCUT2D eigenvalue weighted by atomic mass is 10.0. The van der Waals surface area contributed by atoms with Gasteiger partial charge in [-0.1, -0.05) is 0 Å². The van der Waals surface area contributed by atoms with Crippen LogP contribution in [-0.2, 0) is 0 Å². The minimum atomic E-state index is 0.508. The number of hydrogen-bond donors (Lipinski definition) is 1. The predicted molar refractivity (Wildman–Crippen MR) is 71.1 cm³/mol. The highest BCUT2D eigenvalue weighted by Crippen LogP contribution is 2.39. The molecule has 2 N–H and O–H groups in total. The summed E-state index contributed by atoms with van der Waals surface area (Å²) in [7, 11) is 0. The van der Waals surface area contributed by atoms with Gasteiger partial charge in [0.2, 0.25) is 0 Å². The maximum absolute atomic E-state index is 6.01. The number of aromatic nitrogens is 3. The fourth-order valence-electron chi connectivity index (χ4n) is 2.08. The molecule has 92 valence electrons. The van der Waals surface area contributed by atoms with Crippen molar-refractivity contribution in [1.29, 1.82) is 0 Å². The molecule has 2 aromatic heterocycles. The molecule has 1 aliphatic carbocycles. The van der Waals surface area contributed by atoms with Gasteiger partial charge in [0.1, 0.15) is 11.6 Å². The second-order valence-corrected chi connectivity index (χ2v) is 4.91. The van der Waals surface area contributed by atoms with Crippen LogP contribution in [0.15, 0.2) is 18.5 Å². The lowest BCUT2D eigenvalue weighted by Gasteiger charge is -2.11. The number of pyridine rings is 1. The van der Waals surface area contributed by atoms with Crippen molar-refractivity contribution in [2.24, 2.45) is 0 Å². The lowest BCUT2D eigenvalue weighted by Crippen LogP contribution is -2.04. The highest BCUT2D eigenvalue weighted by atomic mass is 15.0. The summed E-state index contributed by atoms with van der Waals surface area (Å²) in [5.74, 6) is 2.00. The van der Waals surface area contributed by atoms with E-state index < -0.39 is 0 Å². The van der Waals surface area contributed by atoms with Crippen LogP contribution in [0.3, 0.4) is 0 Å². The minimum Gasteiger partial charge on any atom is -0.383 e. The van der Waals surface area contributed by atoms with E-state index in [1.54, 1.807) is 6.20 Å². The van der Waals surface area contributed by atoms with E-state index in [1.165, 1.54) is 12.8 Å². The molecule has 0 amide bonds. The molecular weight excluding hydrogens is 224 g/mol. The number of nitrogens with two attached hydrogens (primary N) is 1. The van der Waals surface area contributed by atoms with Crippen molar-refractivity contribution < 1.29 is 0 Å². The summed E-state index contributed by atoms with van der Waals surface area (Å²) >= 11 is 0. The first-order chi connectivity index (χ1) is 8.66. The maximum atomic E-state index is 6.01. The highest BCUT2D eigenvalue weighted by molar-refractivity contribution is 5.69. The summed E-state index contributed by atoms with van der Waals surface area (Å²) in [6.07, 6.45) is 6.00. The molecule has 4 heteroatoms. The van der Waals surface area contributed by atoms with Crippen molar-refractivity contribution >= 4 is 5.82 Å². The van der Waals surface area contributed by atoms with Gasteiger partial charge in [-0.05, 0) is 38.3 Å². The Labute approximate surface area is 106 Å². The van der Waals surface area contributed by atoms with Crippen LogP contribution in [0.4, 0.5) is 5.82 Å². The monoisotopic (exact) mass is 240 g/mol. The third-order valence-corrected chi connectivity index (χ3v) is 3.42. The Kier molecular flexibility index (Phi) is 2.51. The normalized spacial score (nSPS) is 14.8. The Bertz CT molecular complexity index is 603. The molecule has 0 aromatic carbocycles. The maximum Gasteiger partial charge on any atom is 0.134 e. The zero-order valence-electron chi connectivity index (χ0n) is 10.6. The molecule has 0 radical (unpaired) electrons. The van der Waals surface area contributed by atoms with Gasteiger partial charge in [-0.3, -0.25) is 4.98 Å². The number of nitrogen functional groups attached to an aromatic ring is 1. The van der Waals surface area contributed by atoms with E-state index in [4.69, 9.17) is 10.7 Å². The number of nitrogens with zero attached hydrogens (tertiary/aromatic N) is 3. The Morgan fingerprint density at radius 2 is 2.00 bits per heavy atom. The Balaban J connectivity index is 2.18. The van der Waals surface area contributed by atoms with Crippen molar-refractivity contribution in [3.8, 4) is 11.3 Å². The summed E-state index contributed by atoms with van der Waals surface area (Å²) < 4.78 is 0. The lowest BCUT2D eigenvalue weighted by molar-refractivity contribution is 0.927. The molecule has 0 spiro atoms. The van der Waals surface area contributed by atoms with Crippen LogP contribution in [0.5, 0.6) is 0 Å². The van der Waals surface area contributed by atoms with Crippen LogP contribution < -0.4 is 5.73 Å². The molecular formula is C14H16N4. The van der Waals surface area contributed by atoms with Crippen LogP contribution in [0.2, 0.25) is 0 Å². The quantitative estimate of drug-likeness (QED) is 0.876. The molecule has 1 fully saturated rings. The minimum absolute atomic E-state index is 0.508. The van der Waals surface area contributed by atoms with E-state index in [1.807, 2.05) is 26.1 Å². The summed E-state index contributed by atoms with van der Waals surface area (Å²) in [5, 5.41) is 0. The van der Waals surface area contributed by atoms with Crippen molar-refractivity contribution in [2.45, 2.75) is 32.6 Å². The standard InChI is InChI=1S/C14H16N4/c1-8-7-16-6-5-11(8)12-9(2)13(15)18-14(17-12)10-3-4-10/h5-7,10H,3-4H2,1-2H3,(H2,15,17,18). The average molecular weight is 240 g/mol. The van der Waals surface area contributed by atoms with Crippen molar-refractivity contribution in [3.63, 3.8) is 0 Å². The van der Waals surface area contributed by atoms with Crippen molar-refractivity contribution in [2.75, 3.05) is 5.73 Å². The summed E-state index contributed by atoms with van der Waals surface area (Å²) in [5.41, 5.74) is 10.1. The van der Waals surface area contributed by atoms with Gasteiger partial charge in [0, 0.05) is 29.4 Å². The van der Waals surface area contributed by atoms with Crippen LogP contribution in [0.1, 0.15) is 35.7 Å². The topological polar surface area (TPSA) is 64.7 Å². The third kappa shape index (κ3) is 1.83. The third-order valence-electron chi connectivity index (χ3n) is 3.42. The van der Waals surface area contributed by atoms with Gasteiger partial charge < -0.3 is 5.73 Å². The van der Waals surface area contributed by atoms with Gasteiger partial charge in [0.15, 0.2) is 0 Å². The van der Waals surface area contributed by atoms with E-state index in [-0.39, 0.29) is 0 Å². The second kappa shape index (κ2) is 4.05. The average Bonchev–Trinajstić information content (AvgIpc) is 3.18. The molecule has 18 heavy (non-hydrogen) atoms. The summed E-state index contributed by atoms with van der Waals surface area (Å²) in [6.45, 7) is 4.01. The molecule has 0 saturated heterocycles. The molecule has 2 heterocycles. The van der Waals surface area contributed by atoms with Gasteiger partial charge in [0.05, 0.1) is 5.69 Å². The Morgan fingerprint density at radius 3 is 2.67 bits per heavy atom. The summed E-state index contributed by atoms with van der Waals surface area (Å²) in [4.78, 5) is 13.2. The van der Waals surface area contributed by atoms with Crippen molar-refractivity contribution in [3.05, 3.63) is 35.4 Å². The number of hydrogen-bond acceptors (Lipinski definition) is 4. The van der Waals surface area contributed by atoms with E-state index in [9.17, 15) is 0 Å². The zero-order chi connectivity index (χ0) is 12.7. The van der Waals surface area contributed by atoms with E-state index in [2.05, 4.69) is 9.97 Å². The highest BCUT2D eigenvalue weighted by Gasteiger charge is 2.28. The van der Waals surface area contributed by atoms with Crippen molar-refractivity contribution in [1.82, 2.24) is 15.0 Å². The molecule has 0 unspecified atom stereocenters. The first-order valence-corrected chi connectivity index (χ1v) is 6.22. The molecule has 3 rings (SSSR count). The van der Waals surface area contributed by atoms with E-state index in [0.29, 0.717) is 11.7 Å². The molecule has 1 aliphatic rings. The number of aryl methyl sites for hydroxylation is 1. The van der Waals surface area contributed by atoms with Gasteiger partial charge in [-0.15, -0.1) is 0 Å². The Morgan fingerprint density at radius 1 is 1.22 bits per heavy atom. The van der Waals surface area contributed by atoms with Crippen LogP contribution >= 0.6 is 0 Å². The second-order valence-electron chi connectivity index (χ2n) is 4.91. The van der Waals surface area contributed by atoms with Gasteiger partial charge in [0.25, 0.3) is 0 Å². The van der Waals surface area contributed by atoms with E-state index in [0.717, 1.165) is 28.2 Å².